The molecule has 7 heteroatoms. The number of nitrogens with zero attached hydrogens (tertiary/aromatic N) is 2. The Balaban J connectivity index is 2.67. The average molecular weight is 300 g/mol. The first-order valence-electron chi connectivity index (χ1n) is 6.01. The van der Waals surface area contributed by atoms with Gasteiger partial charge in [0.05, 0.1) is 5.69 Å². The van der Waals surface area contributed by atoms with Gasteiger partial charge in [0.2, 0.25) is 0 Å². The number of hydrogen-bond donors (Lipinski definition) is 2. The molecule has 2 rings (SSSR count). The molecule has 0 aliphatic rings. The van der Waals surface area contributed by atoms with Crippen LogP contribution < -0.4 is 10.9 Å². The fraction of sp³-hybridized carbons (Fsp3) is 0.143. The van der Waals surface area contributed by atoms with Crippen molar-refractivity contribution in [3.05, 3.63) is 45.7 Å². The maximum absolute atomic E-state index is 11.9. The number of hydrogen-bond acceptors (Lipinski definition) is 5. The van der Waals surface area contributed by atoms with Crippen molar-refractivity contribution in [2.24, 2.45) is 0 Å². The van der Waals surface area contributed by atoms with Gasteiger partial charge in [-0.15, -0.1) is 0 Å². The second kappa shape index (κ2) is 6.24. The van der Waals surface area contributed by atoms with Gasteiger partial charge in [-0.25, -0.2) is 4.98 Å². The van der Waals surface area contributed by atoms with Crippen molar-refractivity contribution in [1.29, 1.82) is 5.26 Å². The summed E-state index contributed by atoms with van der Waals surface area (Å²) in [6, 6.07) is 8.50. The molecule has 0 unspecified atom stereocenters. The molecule has 0 radical (unpaired) electrons. The molecule has 0 saturated carbocycles. The molecule has 6 nitrogen and oxygen atoms in total. The molecule has 0 fully saturated rings. The minimum atomic E-state index is -0.489. The highest BCUT2D eigenvalue weighted by atomic mass is 32.2. The van der Waals surface area contributed by atoms with Crippen LogP contribution in [0.15, 0.2) is 34.2 Å². The molecule has 0 aliphatic carbocycles. The number of carbonyl (C=O) groups is 1. The molecule has 0 saturated heterocycles. The van der Waals surface area contributed by atoms with Crippen LogP contribution in [0.2, 0.25) is 0 Å². The number of amides is 1. The van der Waals surface area contributed by atoms with E-state index in [0.717, 1.165) is 0 Å². The fourth-order valence-corrected chi connectivity index (χ4v) is 2.19. The first-order valence-corrected chi connectivity index (χ1v) is 7.24. The summed E-state index contributed by atoms with van der Waals surface area (Å²) < 4.78 is 0. The van der Waals surface area contributed by atoms with Gasteiger partial charge in [0, 0.05) is 18.2 Å². The van der Waals surface area contributed by atoms with Gasteiger partial charge >= 0.3 is 0 Å². The lowest BCUT2D eigenvalue weighted by atomic mass is 10.0. The lowest BCUT2D eigenvalue weighted by Gasteiger charge is -2.07. The van der Waals surface area contributed by atoms with E-state index < -0.39 is 5.56 Å². The maximum Gasteiger partial charge on any atom is 0.270 e. The summed E-state index contributed by atoms with van der Waals surface area (Å²) in [5.41, 5.74) is 0.705. The van der Waals surface area contributed by atoms with Crippen LogP contribution in [-0.4, -0.2) is 29.2 Å². The van der Waals surface area contributed by atoms with Gasteiger partial charge in [0.25, 0.3) is 11.5 Å². The predicted molar refractivity (Wildman–Crippen MR) is 80.2 cm³/mol. The molecule has 2 aromatic rings. The number of aromatic nitrogens is 2. The van der Waals surface area contributed by atoms with Crippen LogP contribution in [0.5, 0.6) is 0 Å². The Labute approximate surface area is 125 Å². The summed E-state index contributed by atoms with van der Waals surface area (Å²) in [5, 5.41) is 12.1. The Kier molecular flexibility index (Phi) is 4.40. The second-order valence-corrected chi connectivity index (χ2v) is 4.87. The van der Waals surface area contributed by atoms with Crippen LogP contribution in [0.25, 0.3) is 11.3 Å². The van der Waals surface area contributed by atoms with Crippen LogP contribution in [0.4, 0.5) is 0 Å². The lowest BCUT2D eigenvalue weighted by Crippen LogP contribution is -2.18. The number of rotatable bonds is 3. The van der Waals surface area contributed by atoms with Crippen molar-refractivity contribution in [3.8, 4) is 17.3 Å². The molecule has 0 atom stereocenters. The van der Waals surface area contributed by atoms with E-state index >= 15 is 0 Å². The largest absolute Gasteiger partial charge is 0.355 e. The van der Waals surface area contributed by atoms with Gasteiger partial charge in [0.15, 0.2) is 5.16 Å². The summed E-state index contributed by atoms with van der Waals surface area (Å²) in [6.45, 7) is 0. The van der Waals surface area contributed by atoms with Crippen LogP contribution in [0.1, 0.15) is 15.9 Å². The zero-order valence-corrected chi connectivity index (χ0v) is 12.2. The van der Waals surface area contributed by atoms with Gasteiger partial charge < -0.3 is 10.3 Å². The Morgan fingerprint density at radius 2 is 2.24 bits per heavy atom. The number of nitriles is 1. The SMILES string of the molecule is CNC(=O)c1cccc(-c2nc(SC)[nH]c(=O)c2C#N)c1. The molecule has 1 amide bonds. The molecule has 0 aliphatic heterocycles. The summed E-state index contributed by atoms with van der Waals surface area (Å²) in [4.78, 5) is 30.4. The summed E-state index contributed by atoms with van der Waals surface area (Å²) in [6.07, 6.45) is 1.77. The van der Waals surface area contributed by atoms with Gasteiger partial charge in [-0.2, -0.15) is 5.26 Å². The van der Waals surface area contributed by atoms with Crippen molar-refractivity contribution < 1.29 is 4.79 Å². The standard InChI is InChI=1S/C14H12N4O2S/c1-16-12(19)9-5-3-4-8(6-9)11-10(7-15)13(20)18-14(17-11)21-2/h3-6H,1-2H3,(H,16,19)(H,17,18,20). The van der Waals surface area contributed by atoms with Crippen molar-refractivity contribution in [2.45, 2.75) is 5.16 Å². The van der Waals surface area contributed by atoms with Crippen molar-refractivity contribution in [1.82, 2.24) is 15.3 Å². The number of nitrogens with one attached hydrogen (secondary N) is 2. The normalized spacial score (nSPS) is 9.95. The zero-order valence-electron chi connectivity index (χ0n) is 11.4. The minimum Gasteiger partial charge on any atom is -0.355 e. The third-order valence-electron chi connectivity index (χ3n) is 2.83. The summed E-state index contributed by atoms with van der Waals surface area (Å²) in [5.74, 6) is -0.245. The van der Waals surface area contributed by atoms with E-state index in [1.807, 2.05) is 6.07 Å². The van der Waals surface area contributed by atoms with Gasteiger partial charge in [-0.3, -0.25) is 9.59 Å². The molecule has 1 aromatic heterocycles. The molecular formula is C14H12N4O2S. The predicted octanol–water partition coefficient (Wildman–Crippen LogP) is 1.39. The Bertz CT molecular complexity index is 792. The van der Waals surface area contributed by atoms with Crippen LogP contribution >= 0.6 is 11.8 Å². The molecular weight excluding hydrogens is 288 g/mol. The second-order valence-electron chi connectivity index (χ2n) is 4.07. The Morgan fingerprint density at radius 3 is 2.86 bits per heavy atom. The Hall–Kier alpha value is -2.59. The molecule has 21 heavy (non-hydrogen) atoms. The highest BCUT2D eigenvalue weighted by Gasteiger charge is 2.14. The van der Waals surface area contributed by atoms with E-state index in [1.54, 1.807) is 30.5 Å². The van der Waals surface area contributed by atoms with Gasteiger partial charge in [-0.05, 0) is 18.4 Å². The molecule has 106 valence electrons. The molecule has 1 aromatic carbocycles. The molecule has 2 N–H and O–H groups in total. The van der Waals surface area contributed by atoms with E-state index in [1.165, 1.54) is 18.8 Å². The third-order valence-corrected chi connectivity index (χ3v) is 3.41. The van der Waals surface area contributed by atoms with E-state index in [0.29, 0.717) is 16.3 Å². The third kappa shape index (κ3) is 2.95. The number of benzene rings is 1. The topological polar surface area (TPSA) is 98.6 Å². The van der Waals surface area contributed by atoms with Crippen LogP contribution in [0, 0.1) is 11.3 Å². The highest BCUT2D eigenvalue weighted by molar-refractivity contribution is 7.98. The molecule has 0 spiro atoms. The number of thioether (sulfide) groups is 1. The smallest absolute Gasteiger partial charge is 0.270 e. The monoisotopic (exact) mass is 300 g/mol. The van der Waals surface area contributed by atoms with Crippen molar-refractivity contribution in [3.63, 3.8) is 0 Å². The quantitative estimate of drug-likeness (QED) is 0.659. The van der Waals surface area contributed by atoms with E-state index in [9.17, 15) is 9.59 Å². The maximum atomic E-state index is 11.9. The number of aromatic amines is 1. The summed E-state index contributed by atoms with van der Waals surface area (Å²) >= 11 is 1.27. The van der Waals surface area contributed by atoms with Crippen molar-refractivity contribution >= 4 is 17.7 Å². The van der Waals surface area contributed by atoms with Gasteiger partial charge in [-0.1, -0.05) is 23.9 Å². The Morgan fingerprint density at radius 1 is 1.48 bits per heavy atom. The fourth-order valence-electron chi connectivity index (χ4n) is 1.81. The molecule has 1 heterocycles. The summed E-state index contributed by atoms with van der Waals surface area (Å²) in [7, 11) is 1.53. The zero-order chi connectivity index (χ0) is 15.4. The lowest BCUT2D eigenvalue weighted by molar-refractivity contribution is 0.0963. The first-order chi connectivity index (χ1) is 10.1. The van der Waals surface area contributed by atoms with Crippen LogP contribution in [0.3, 0.4) is 0 Å². The van der Waals surface area contributed by atoms with Gasteiger partial charge in [0.1, 0.15) is 11.6 Å². The number of carbonyl (C=O) groups excluding carboxylic acids is 1. The highest BCUT2D eigenvalue weighted by Crippen LogP contribution is 2.22. The van der Waals surface area contributed by atoms with Crippen molar-refractivity contribution in [2.75, 3.05) is 13.3 Å². The molecule has 0 bridgehead atoms. The van der Waals surface area contributed by atoms with Crippen LogP contribution in [-0.2, 0) is 0 Å². The van der Waals surface area contributed by atoms with E-state index in [4.69, 9.17) is 5.26 Å². The first kappa shape index (κ1) is 14.8. The van der Waals surface area contributed by atoms with E-state index in [2.05, 4.69) is 15.3 Å². The number of H-pyrrole nitrogens is 1. The minimum absolute atomic E-state index is 0.0677. The average Bonchev–Trinajstić information content (AvgIpc) is 2.53. The van der Waals surface area contributed by atoms with E-state index in [-0.39, 0.29) is 17.2 Å².